The average Bonchev–Trinajstić information content (AvgIpc) is 3.04. The van der Waals surface area contributed by atoms with E-state index in [1.54, 1.807) is 18.2 Å². The van der Waals surface area contributed by atoms with Gasteiger partial charge in [0.1, 0.15) is 5.58 Å². The number of anilines is 1. The highest BCUT2D eigenvalue weighted by molar-refractivity contribution is 7.99. The molecule has 0 saturated heterocycles. The minimum atomic E-state index is -0.133. The second-order valence-electron chi connectivity index (χ2n) is 5.25. The molecule has 1 aromatic heterocycles. The standard InChI is InChI=1S/C15H18N2O2S/c1-20-12-4-3-11(8-12)17-15(18)14-7-9-6-10(16)2-5-13(9)19-14/h2,5-7,11-12H,3-4,8,16H2,1H3,(H,17,18). The van der Waals surface area contributed by atoms with Crippen molar-refractivity contribution in [1.82, 2.24) is 5.32 Å². The fraction of sp³-hybridized carbons (Fsp3) is 0.400. The summed E-state index contributed by atoms with van der Waals surface area (Å²) in [6, 6.07) is 7.39. The largest absolute Gasteiger partial charge is 0.451 e. The molecule has 0 bridgehead atoms. The third-order valence-corrected chi connectivity index (χ3v) is 4.91. The van der Waals surface area contributed by atoms with Gasteiger partial charge in [-0.05, 0) is 49.8 Å². The molecule has 0 aliphatic heterocycles. The van der Waals surface area contributed by atoms with Crippen LogP contribution in [0.4, 0.5) is 5.69 Å². The minimum Gasteiger partial charge on any atom is -0.451 e. The van der Waals surface area contributed by atoms with Crippen molar-refractivity contribution >= 4 is 34.3 Å². The SMILES string of the molecule is CSC1CCC(NC(=O)c2cc3cc(N)ccc3o2)C1. The lowest BCUT2D eigenvalue weighted by molar-refractivity contribution is 0.0912. The number of furan rings is 1. The normalized spacial score (nSPS) is 22.2. The zero-order valence-corrected chi connectivity index (χ0v) is 12.2. The second-order valence-corrected chi connectivity index (χ2v) is 6.39. The fourth-order valence-corrected chi connectivity index (χ4v) is 3.51. The first-order chi connectivity index (χ1) is 9.65. The predicted octanol–water partition coefficient (Wildman–Crippen LogP) is 3.03. The van der Waals surface area contributed by atoms with E-state index in [1.807, 2.05) is 17.8 Å². The van der Waals surface area contributed by atoms with Gasteiger partial charge in [-0.25, -0.2) is 0 Å². The van der Waals surface area contributed by atoms with Crippen molar-refractivity contribution in [3.8, 4) is 0 Å². The van der Waals surface area contributed by atoms with E-state index < -0.39 is 0 Å². The average molecular weight is 290 g/mol. The number of carbonyl (C=O) groups excluding carboxylic acids is 1. The van der Waals surface area contributed by atoms with Crippen LogP contribution in [0.15, 0.2) is 28.7 Å². The first-order valence-corrected chi connectivity index (χ1v) is 8.07. The lowest BCUT2D eigenvalue weighted by Gasteiger charge is -2.11. The zero-order chi connectivity index (χ0) is 14.1. The minimum absolute atomic E-state index is 0.133. The monoisotopic (exact) mass is 290 g/mol. The Morgan fingerprint density at radius 1 is 1.40 bits per heavy atom. The molecule has 5 heteroatoms. The molecule has 3 rings (SSSR count). The highest BCUT2D eigenvalue weighted by Gasteiger charge is 2.26. The summed E-state index contributed by atoms with van der Waals surface area (Å²) in [5.74, 6) is 0.227. The van der Waals surface area contributed by atoms with Crippen molar-refractivity contribution in [2.24, 2.45) is 0 Å². The Bertz CT molecular complexity index is 638. The van der Waals surface area contributed by atoms with Crippen LogP contribution < -0.4 is 11.1 Å². The summed E-state index contributed by atoms with van der Waals surface area (Å²) in [6.07, 6.45) is 5.38. The van der Waals surface area contributed by atoms with Crippen LogP contribution in [0.1, 0.15) is 29.8 Å². The van der Waals surface area contributed by atoms with Crippen LogP contribution in [-0.2, 0) is 0 Å². The molecule has 20 heavy (non-hydrogen) atoms. The van der Waals surface area contributed by atoms with Gasteiger partial charge in [-0.2, -0.15) is 11.8 Å². The topological polar surface area (TPSA) is 68.3 Å². The number of nitrogens with two attached hydrogens (primary N) is 1. The van der Waals surface area contributed by atoms with Crippen LogP contribution in [0.5, 0.6) is 0 Å². The van der Waals surface area contributed by atoms with E-state index in [0.717, 1.165) is 18.2 Å². The number of rotatable bonds is 3. The van der Waals surface area contributed by atoms with Gasteiger partial charge in [-0.1, -0.05) is 0 Å². The summed E-state index contributed by atoms with van der Waals surface area (Å²) in [5.41, 5.74) is 7.09. The Balaban J connectivity index is 1.72. The first-order valence-electron chi connectivity index (χ1n) is 6.78. The van der Waals surface area contributed by atoms with Crippen molar-refractivity contribution in [2.45, 2.75) is 30.6 Å². The molecule has 4 nitrogen and oxygen atoms in total. The van der Waals surface area contributed by atoms with E-state index in [-0.39, 0.29) is 11.9 Å². The van der Waals surface area contributed by atoms with Gasteiger partial charge in [-0.15, -0.1) is 0 Å². The molecule has 3 N–H and O–H groups in total. The Hall–Kier alpha value is -1.62. The quantitative estimate of drug-likeness (QED) is 0.853. The summed E-state index contributed by atoms with van der Waals surface area (Å²) in [4.78, 5) is 12.2. The van der Waals surface area contributed by atoms with Crippen molar-refractivity contribution in [2.75, 3.05) is 12.0 Å². The van der Waals surface area contributed by atoms with Gasteiger partial charge < -0.3 is 15.5 Å². The van der Waals surface area contributed by atoms with Crippen LogP contribution in [0.25, 0.3) is 11.0 Å². The number of nitrogens with one attached hydrogen (secondary N) is 1. The third-order valence-electron chi connectivity index (χ3n) is 3.82. The van der Waals surface area contributed by atoms with Gasteiger partial charge in [0.25, 0.3) is 5.91 Å². The van der Waals surface area contributed by atoms with Gasteiger partial charge >= 0.3 is 0 Å². The molecule has 1 aromatic carbocycles. The van der Waals surface area contributed by atoms with Gasteiger partial charge in [-0.3, -0.25) is 4.79 Å². The molecule has 1 aliphatic rings. The second kappa shape index (κ2) is 5.40. The number of amides is 1. The highest BCUT2D eigenvalue weighted by atomic mass is 32.2. The van der Waals surface area contributed by atoms with Crippen LogP contribution >= 0.6 is 11.8 Å². The molecule has 1 fully saturated rings. The van der Waals surface area contributed by atoms with E-state index in [9.17, 15) is 4.79 Å². The van der Waals surface area contributed by atoms with Gasteiger partial charge in [0.15, 0.2) is 5.76 Å². The lowest BCUT2D eigenvalue weighted by atomic mass is 10.2. The van der Waals surface area contributed by atoms with Gasteiger partial charge in [0, 0.05) is 22.4 Å². The predicted molar refractivity (Wildman–Crippen MR) is 83.0 cm³/mol. The van der Waals surface area contributed by atoms with Gasteiger partial charge in [0.2, 0.25) is 0 Å². The molecular formula is C15H18N2O2S. The van der Waals surface area contributed by atoms with Crippen molar-refractivity contribution in [3.05, 3.63) is 30.0 Å². The van der Waals surface area contributed by atoms with E-state index >= 15 is 0 Å². The summed E-state index contributed by atoms with van der Waals surface area (Å²) in [6.45, 7) is 0. The zero-order valence-electron chi connectivity index (χ0n) is 11.4. The molecule has 0 radical (unpaired) electrons. The number of nitrogen functional groups attached to an aromatic ring is 1. The summed E-state index contributed by atoms with van der Waals surface area (Å²) in [7, 11) is 0. The first kappa shape index (κ1) is 13.4. The van der Waals surface area contributed by atoms with Crippen LogP contribution in [-0.4, -0.2) is 23.5 Å². The maximum absolute atomic E-state index is 12.2. The summed E-state index contributed by atoms with van der Waals surface area (Å²) in [5, 5.41) is 4.58. The molecular weight excluding hydrogens is 272 g/mol. The maximum atomic E-state index is 12.2. The smallest absolute Gasteiger partial charge is 0.287 e. The van der Waals surface area contributed by atoms with Crippen LogP contribution in [0, 0.1) is 0 Å². The number of thioether (sulfide) groups is 1. The van der Waals surface area contributed by atoms with E-state index in [0.29, 0.717) is 22.3 Å². The Kier molecular flexibility index (Phi) is 3.61. The maximum Gasteiger partial charge on any atom is 0.287 e. The van der Waals surface area contributed by atoms with Crippen molar-refractivity contribution < 1.29 is 9.21 Å². The highest BCUT2D eigenvalue weighted by Crippen LogP contribution is 2.28. The Morgan fingerprint density at radius 2 is 2.25 bits per heavy atom. The summed E-state index contributed by atoms with van der Waals surface area (Å²) >= 11 is 1.88. The third kappa shape index (κ3) is 2.63. The number of hydrogen-bond acceptors (Lipinski definition) is 4. The molecule has 1 heterocycles. The van der Waals surface area contributed by atoms with E-state index in [1.165, 1.54) is 6.42 Å². The summed E-state index contributed by atoms with van der Waals surface area (Å²) < 4.78 is 5.58. The van der Waals surface area contributed by atoms with Crippen LogP contribution in [0.2, 0.25) is 0 Å². The molecule has 1 saturated carbocycles. The van der Waals surface area contributed by atoms with Crippen LogP contribution in [0.3, 0.4) is 0 Å². The Labute approximate surface area is 122 Å². The van der Waals surface area contributed by atoms with Gasteiger partial charge in [0.05, 0.1) is 0 Å². The molecule has 1 aliphatic carbocycles. The van der Waals surface area contributed by atoms with E-state index in [2.05, 4.69) is 11.6 Å². The number of fused-ring (bicyclic) bond motifs is 1. The Morgan fingerprint density at radius 3 is 3.00 bits per heavy atom. The molecule has 106 valence electrons. The number of hydrogen-bond donors (Lipinski definition) is 2. The number of carbonyl (C=O) groups is 1. The molecule has 1 amide bonds. The van der Waals surface area contributed by atoms with E-state index in [4.69, 9.17) is 10.2 Å². The molecule has 2 aromatic rings. The molecule has 2 unspecified atom stereocenters. The number of benzene rings is 1. The molecule has 0 spiro atoms. The van der Waals surface area contributed by atoms with Crippen molar-refractivity contribution in [3.63, 3.8) is 0 Å². The fourth-order valence-electron chi connectivity index (χ4n) is 2.72. The lowest BCUT2D eigenvalue weighted by Crippen LogP contribution is -2.32. The van der Waals surface area contributed by atoms with Crippen molar-refractivity contribution in [1.29, 1.82) is 0 Å². The molecule has 2 atom stereocenters.